The highest BCUT2D eigenvalue weighted by Gasteiger charge is 2.26. The fourth-order valence-electron chi connectivity index (χ4n) is 3.70. The van der Waals surface area contributed by atoms with Crippen LogP contribution in [0.2, 0.25) is 0 Å². The van der Waals surface area contributed by atoms with Crippen LogP contribution in [0, 0.1) is 0 Å². The molecule has 27 heavy (non-hydrogen) atoms. The molecule has 0 unspecified atom stereocenters. The molecule has 0 aliphatic rings. The van der Waals surface area contributed by atoms with Gasteiger partial charge in [-0.15, -0.1) is 0 Å². The van der Waals surface area contributed by atoms with Crippen molar-refractivity contribution in [3.05, 3.63) is 52.3 Å². The van der Waals surface area contributed by atoms with Crippen LogP contribution in [0.3, 0.4) is 0 Å². The average molecular weight is 431 g/mol. The number of aryl methyl sites for hydroxylation is 1. The van der Waals surface area contributed by atoms with Gasteiger partial charge in [0.2, 0.25) is 0 Å². The monoisotopic (exact) mass is 430 g/mol. The molecule has 0 aliphatic carbocycles. The highest BCUT2D eigenvalue weighted by Crippen LogP contribution is 2.39. The fourth-order valence-corrected chi connectivity index (χ4v) is 4.06. The zero-order valence-corrected chi connectivity index (χ0v) is 18.2. The van der Waals surface area contributed by atoms with Gasteiger partial charge in [-0.2, -0.15) is 0 Å². The van der Waals surface area contributed by atoms with Gasteiger partial charge in [0, 0.05) is 47.2 Å². The molecule has 1 atom stereocenters. The van der Waals surface area contributed by atoms with Crippen LogP contribution in [0.5, 0.6) is 0 Å². The van der Waals surface area contributed by atoms with E-state index in [1.54, 1.807) is 13.3 Å². The molecule has 0 saturated carbocycles. The first kappa shape index (κ1) is 20.1. The van der Waals surface area contributed by atoms with Gasteiger partial charge in [0.1, 0.15) is 0 Å². The van der Waals surface area contributed by atoms with Crippen molar-refractivity contribution < 1.29 is 9.84 Å². The minimum Gasteiger partial charge on any atom is -0.390 e. The van der Waals surface area contributed by atoms with Crippen molar-refractivity contribution in [2.75, 3.05) is 7.11 Å². The molecule has 0 bridgehead atoms. The average Bonchev–Trinajstić information content (AvgIpc) is 2.92. The van der Waals surface area contributed by atoms with Crippen molar-refractivity contribution in [2.24, 2.45) is 0 Å². The van der Waals surface area contributed by atoms with Crippen molar-refractivity contribution >= 4 is 26.8 Å². The minimum atomic E-state index is -0.820. The van der Waals surface area contributed by atoms with E-state index in [-0.39, 0.29) is 6.10 Å². The molecule has 3 aromatic rings. The molecule has 5 heteroatoms. The molecule has 2 heterocycles. The van der Waals surface area contributed by atoms with E-state index in [0.29, 0.717) is 6.42 Å². The van der Waals surface area contributed by atoms with Gasteiger partial charge in [0.15, 0.2) is 0 Å². The van der Waals surface area contributed by atoms with E-state index in [4.69, 9.17) is 4.74 Å². The zero-order valence-electron chi connectivity index (χ0n) is 16.6. The Morgan fingerprint density at radius 1 is 1.30 bits per heavy atom. The van der Waals surface area contributed by atoms with E-state index in [9.17, 15) is 5.11 Å². The lowest BCUT2D eigenvalue weighted by molar-refractivity contribution is 0.0814. The normalized spacial score (nSPS) is 13.3. The van der Waals surface area contributed by atoms with Gasteiger partial charge in [0.25, 0.3) is 0 Å². The third kappa shape index (κ3) is 3.96. The summed E-state index contributed by atoms with van der Waals surface area (Å²) < 4.78 is 8.92. The number of methoxy groups -OCH3 is 1. The molecule has 0 radical (unpaired) electrons. The standard InChI is InChI=1S/C22H27BrN2O2/c1-6-25-19-10-9-15(23)12-17(19)18(13-22(3,4)26)21(25)16-8-7-11-24-20(16)14(2)27-5/h7-12,14,26H,6,13H2,1-5H3/t14-/m0/s1. The van der Waals surface area contributed by atoms with Gasteiger partial charge in [-0.05, 0) is 63.6 Å². The Labute approximate surface area is 169 Å². The van der Waals surface area contributed by atoms with E-state index in [2.05, 4.69) is 56.7 Å². The summed E-state index contributed by atoms with van der Waals surface area (Å²) in [6, 6.07) is 10.4. The van der Waals surface area contributed by atoms with Gasteiger partial charge in [-0.1, -0.05) is 15.9 Å². The second kappa shape index (κ2) is 7.74. The summed E-state index contributed by atoms with van der Waals surface area (Å²) in [5, 5.41) is 11.8. The summed E-state index contributed by atoms with van der Waals surface area (Å²) in [7, 11) is 1.70. The van der Waals surface area contributed by atoms with Crippen LogP contribution in [0.1, 0.15) is 45.1 Å². The molecular formula is C22H27BrN2O2. The summed E-state index contributed by atoms with van der Waals surface area (Å²) >= 11 is 3.60. The van der Waals surface area contributed by atoms with E-state index in [0.717, 1.165) is 44.4 Å². The zero-order chi connectivity index (χ0) is 19.8. The molecule has 4 nitrogen and oxygen atoms in total. The number of aromatic nitrogens is 2. The topological polar surface area (TPSA) is 47.3 Å². The predicted octanol–water partition coefficient (Wildman–Crippen LogP) is 5.51. The molecular weight excluding hydrogens is 404 g/mol. The van der Waals surface area contributed by atoms with Crippen molar-refractivity contribution in [3.8, 4) is 11.3 Å². The summed E-state index contributed by atoms with van der Waals surface area (Å²) in [4.78, 5) is 4.62. The first-order valence-electron chi connectivity index (χ1n) is 9.28. The number of rotatable bonds is 6. The molecule has 0 fully saturated rings. The Hall–Kier alpha value is -1.69. The molecule has 1 N–H and O–H groups in total. The first-order chi connectivity index (χ1) is 12.8. The van der Waals surface area contributed by atoms with Gasteiger partial charge in [-0.3, -0.25) is 4.98 Å². The molecule has 0 amide bonds. The van der Waals surface area contributed by atoms with E-state index >= 15 is 0 Å². The minimum absolute atomic E-state index is 0.119. The maximum atomic E-state index is 10.6. The molecule has 0 saturated heterocycles. The maximum absolute atomic E-state index is 10.6. The number of hydrogen-bond acceptors (Lipinski definition) is 3. The van der Waals surface area contributed by atoms with E-state index in [1.165, 1.54) is 0 Å². The summed E-state index contributed by atoms with van der Waals surface area (Å²) in [6.45, 7) is 8.69. The number of fused-ring (bicyclic) bond motifs is 1. The second-order valence-electron chi connectivity index (χ2n) is 7.54. The Balaban J connectivity index is 2.40. The lowest BCUT2D eigenvalue weighted by atomic mass is 9.93. The highest BCUT2D eigenvalue weighted by atomic mass is 79.9. The maximum Gasteiger partial charge on any atom is 0.0969 e. The lowest BCUT2D eigenvalue weighted by Gasteiger charge is -2.21. The number of aliphatic hydroxyl groups is 1. The van der Waals surface area contributed by atoms with Gasteiger partial charge < -0.3 is 14.4 Å². The van der Waals surface area contributed by atoms with Crippen LogP contribution in [-0.2, 0) is 17.7 Å². The Bertz CT molecular complexity index is 957. The van der Waals surface area contributed by atoms with Gasteiger partial charge in [0.05, 0.1) is 23.1 Å². The van der Waals surface area contributed by atoms with Crippen molar-refractivity contribution in [2.45, 2.75) is 52.4 Å². The molecule has 0 aliphatic heterocycles. The number of hydrogen-bond donors (Lipinski definition) is 1. The quantitative estimate of drug-likeness (QED) is 0.560. The van der Waals surface area contributed by atoms with Crippen molar-refractivity contribution in [1.82, 2.24) is 9.55 Å². The van der Waals surface area contributed by atoms with Gasteiger partial charge in [-0.25, -0.2) is 0 Å². The summed E-state index contributed by atoms with van der Waals surface area (Å²) in [6.07, 6.45) is 2.24. The van der Waals surface area contributed by atoms with Crippen LogP contribution in [-0.4, -0.2) is 27.4 Å². The number of ether oxygens (including phenoxy) is 1. The predicted molar refractivity (Wildman–Crippen MR) is 114 cm³/mol. The molecule has 3 rings (SSSR count). The molecule has 144 valence electrons. The molecule has 2 aromatic heterocycles. The number of benzene rings is 1. The Morgan fingerprint density at radius 2 is 2.04 bits per heavy atom. The molecule has 1 aromatic carbocycles. The van der Waals surface area contributed by atoms with Crippen LogP contribution in [0.15, 0.2) is 41.0 Å². The van der Waals surface area contributed by atoms with Crippen LogP contribution in [0.25, 0.3) is 22.2 Å². The number of pyridine rings is 1. The lowest BCUT2D eigenvalue weighted by Crippen LogP contribution is -2.22. The van der Waals surface area contributed by atoms with Crippen LogP contribution in [0.4, 0.5) is 0 Å². The first-order valence-corrected chi connectivity index (χ1v) is 10.1. The molecule has 0 spiro atoms. The van der Waals surface area contributed by atoms with E-state index < -0.39 is 5.60 Å². The summed E-state index contributed by atoms with van der Waals surface area (Å²) in [5.74, 6) is 0. The second-order valence-corrected chi connectivity index (χ2v) is 8.45. The summed E-state index contributed by atoms with van der Waals surface area (Å²) in [5.41, 5.74) is 4.56. The van der Waals surface area contributed by atoms with Crippen molar-refractivity contribution in [3.63, 3.8) is 0 Å². The van der Waals surface area contributed by atoms with E-state index in [1.807, 2.05) is 26.8 Å². The van der Waals surface area contributed by atoms with Gasteiger partial charge >= 0.3 is 0 Å². The van der Waals surface area contributed by atoms with Crippen LogP contribution < -0.4 is 0 Å². The number of halogens is 1. The highest BCUT2D eigenvalue weighted by molar-refractivity contribution is 9.10. The van der Waals surface area contributed by atoms with Crippen LogP contribution >= 0.6 is 15.9 Å². The Kier molecular flexibility index (Phi) is 5.75. The third-order valence-electron chi connectivity index (χ3n) is 4.89. The smallest absolute Gasteiger partial charge is 0.0969 e. The largest absolute Gasteiger partial charge is 0.390 e. The third-order valence-corrected chi connectivity index (χ3v) is 5.38. The number of nitrogens with zero attached hydrogens (tertiary/aromatic N) is 2. The fraction of sp³-hybridized carbons (Fsp3) is 0.409. The van der Waals surface area contributed by atoms with Crippen molar-refractivity contribution in [1.29, 1.82) is 0 Å². The Morgan fingerprint density at radius 3 is 2.67 bits per heavy atom. The SMILES string of the molecule is CCn1c(-c2cccnc2[C@H](C)OC)c(CC(C)(C)O)c2cc(Br)ccc21.